The van der Waals surface area contributed by atoms with Gasteiger partial charge >= 0.3 is 18.4 Å². The standard InChI is InChI=1S/C32H41F3N6O5/c1-8-44-25-17-16-23(41-27(32(33,34)35)36-37-38-41)19-22(25)20-40(29(43)46-31(5,6)7)24-15-12-18-39(28(42)45-30(2,3)4)26(24)21-13-10-9-11-14-21/h9-11,13-14,16-17,19,24,26H,8,12,15,18,20H2,1-7H3/t24-,26-/m0/s1. The number of piperidine rings is 1. The number of ether oxygens (including phenoxy) is 3. The van der Waals surface area contributed by atoms with Crippen molar-refractivity contribution in [1.29, 1.82) is 0 Å². The Labute approximate surface area is 266 Å². The lowest BCUT2D eigenvalue weighted by molar-refractivity contribution is -0.146. The molecule has 11 nitrogen and oxygen atoms in total. The van der Waals surface area contributed by atoms with Crippen molar-refractivity contribution in [1.82, 2.24) is 30.0 Å². The first-order valence-electron chi connectivity index (χ1n) is 15.1. The quantitative estimate of drug-likeness (QED) is 0.271. The van der Waals surface area contributed by atoms with Gasteiger partial charge in [0.15, 0.2) is 0 Å². The topological polar surface area (TPSA) is 112 Å². The number of benzene rings is 2. The lowest BCUT2D eigenvalue weighted by Crippen LogP contribution is -2.54. The molecule has 1 aliphatic heterocycles. The molecule has 2 heterocycles. The van der Waals surface area contributed by atoms with Crippen molar-refractivity contribution in [2.45, 2.75) is 97.3 Å². The summed E-state index contributed by atoms with van der Waals surface area (Å²) in [5.74, 6) is -0.937. The van der Waals surface area contributed by atoms with Crippen LogP contribution in [0.4, 0.5) is 22.8 Å². The first-order chi connectivity index (χ1) is 21.5. The molecular formula is C32H41F3N6O5. The molecule has 4 rings (SSSR count). The van der Waals surface area contributed by atoms with Gasteiger partial charge in [0.25, 0.3) is 5.82 Å². The molecule has 250 valence electrons. The minimum atomic E-state index is -4.80. The molecule has 1 aromatic heterocycles. The minimum absolute atomic E-state index is 0.0264. The molecule has 0 unspecified atom stereocenters. The lowest BCUT2D eigenvalue weighted by atomic mass is 9.89. The highest BCUT2D eigenvalue weighted by Gasteiger charge is 2.43. The number of likely N-dealkylation sites (tertiary alicyclic amines) is 1. The van der Waals surface area contributed by atoms with E-state index >= 15 is 0 Å². The number of carbonyl (C=O) groups is 2. The zero-order valence-electron chi connectivity index (χ0n) is 27.2. The number of amides is 2. The highest BCUT2D eigenvalue weighted by atomic mass is 19.4. The van der Waals surface area contributed by atoms with Crippen LogP contribution in [0.1, 0.15) is 84.3 Å². The second kappa shape index (κ2) is 13.6. The third kappa shape index (κ3) is 8.46. The molecule has 3 aromatic rings. The van der Waals surface area contributed by atoms with Gasteiger partial charge in [0, 0.05) is 12.1 Å². The van der Waals surface area contributed by atoms with Gasteiger partial charge in [-0.2, -0.15) is 17.9 Å². The molecular weight excluding hydrogens is 605 g/mol. The summed E-state index contributed by atoms with van der Waals surface area (Å²) in [7, 11) is 0. The van der Waals surface area contributed by atoms with Gasteiger partial charge in [-0.3, -0.25) is 9.80 Å². The Morgan fingerprint density at radius 2 is 1.65 bits per heavy atom. The lowest BCUT2D eigenvalue weighted by Gasteiger charge is -2.46. The van der Waals surface area contributed by atoms with Crippen LogP contribution in [0, 0.1) is 0 Å². The summed E-state index contributed by atoms with van der Waals surface area (Å²) in [6.45, 7) is 12.9. The second-order valence-electron chi connectivity index (χ2n) is 13.0. The van der Waals surface area contributed by atoms with Crippen LogP contribution < -0.4 is 4.74 Å². The molecule has 0 N–H and O–H groups in total. The van der Waals surface area contributed by atoms with Gasteiger partial charge in [0.05, 0.1) is 30.9 Å². The van der Waals surface area contributed by atoms with Gasteiger partial charge in [-0.1, -0.05) is 30.3 Å². The maximum absolute atomic E-state index is 14.1. The summed E-state index contributed by atoms with van der Waals surface area (Å²) in [4.78, 5) is 30.8. The van der Waals surface area contributed by atoms with E-state index in [0.717, 1.165) is 5.56 Å². The highest BCUT2D eigenvalue weighted by molar-refractivity contribution is 5.71. The maximum Gasteiger partial charge on any atom is 0.453 e. The van der Waals surface area contributed by atoms with E-state index in [1.165, 1.54) is 23.1 Å². The Hall–Kier alpha value is -4.36. The molecule has 14 heteroatoms. The average molecular weight is 647 g/mol. The number of alkyl halides is 3. The summed E-state index contributed by atoms with van der Waals surface area (Å²) < 4.78 is 59.2. The zero-order valence-corrected chi connectivity index (χ0v) is 27.2. The number of tetrazole rings is 1. The Bertz CT molecular complexity index is 1500. The Morgan fingerprint density at radius 1 is 0.978 bits per heavy atom. The zero-order chi connectivity index (χ0) is 33.9. The van der Waals surface area contributed by atoms with Crippen molar-refractivity contribution in [2.24, 2.45) is 0 Å². The molecule has 46 heavy (non-hydrogen) atoms. The summed E-state index contributed by atoms with van der Waals surface area (Å²) >= 11 is 0. The van der Waals surface area contributed by atoms with E-state index in [2.05, 4.69) is 15.5 Å². The van der Waals surface area contributed by atoms with E-state index in [0.29, 0.717) is 35.4 Å². The van der Waals surface area contributed by atoms with Gasteiger partial charge in [0.2, 0.25) is 0 Å². The van der Waals surface area contributed by atoms with Crippen molar-refractivity contribution in [3.05, 3.63) is 65.5 Å². The van der Waals surface area contributed by atoms with Crippen LogP contribution in [0.5, 0.6) is 5.75 Å². The summed E-state index contributed by atoms with van der Waals surface area (Å²) in [6, 6.07) is 12.5. The number of nitrogens with zero attached hydrogens (tertiary/aromatic N) is 6. The van der Waals surface area contributed by atoms with Crippen molar-refractivity contribution in [3.63, 3.8) is 0 Å². The predicted molar refractivity (Wildman–Crippen MR) is 162 cm³/mol. The van der Waals surface area contributed by atoms with Crippen molar-refractivity contribution in [3.8, 4) is 11.4 Å². The molecule has 0 spiro atoms. The number of hydrogen-bond acceptors (Lipinski definition) is 8. The van der Waals surface area contributed by atoms with Gasteiger partial charge in [-0.05, 0) is 95.5 Å². The van der Waals surface area contributed by atoms with E-state index in [1.54, 1.807) is 53.4 Å². The molecule has 1 aliphatic rings. The Balaban J connectivity index is 1.84. The molecule has 2 atom stereocenters. The molecule has 0 aliphatic carbocycles. The predicted octanol–water partition coefficient (Wildman–Crippen LogP) is 6.96. The first kappa shape index (κ1) is 34.5. The van der Waals surface area contributed by atoms with Gasteiger partial charge < -0.3 is 14.2 Å². The first-order valence-corrected chi connectivity index (χ1v) is 15.1. The third-order valence-corrected chi connectivity index (χ3v) is 7.05. The molecule has 1 fully saturated rings. The fraction of sp³-hybridized carbons (Fsp3) is 0.531. The van der Waals surface area contributed by atoms with E-state index in [-0.39, 0.29) is 18.8 Å². The third-order valence-electron chi connectivity index (χ3n) is 7.05. The van der Waals surface area contributed by atoms with Crippen molar-refractivity contribution < 1.29 is 37.0 Å². The molecule has 2 aromatic carbocycles. The monoisotopic (exact) mass is 646 g/mol. The Kier molecular flexibility index (Phi) is 10.2. The number of halogens is 3. The maximum atomic E-state index is 14.1. The number of hydrogen-bond donors (Lipinski definition) is 0. The van der Waals surface area contributed by atoms with Crippen molar-refractivity contribution >= 4 is 12.2 Å². The van der Waals surface area contributed by atoms with Gasteiger partial charge in [-0.25, -0.2) is 9.59 Å². The smallest absolute Gasteiger partial charge is 0.453 e. The minimum Gasteiger partial charge on any atom is -0.494 e. The molecule has 0 saturated carbocycles. The SMILES string of the molecule is CCOc1ccc(-n2nnnc2C(F)(F)F)cc1CN(C(=O)OC(C)(C)C)[C@H]1CCCN(C(=O)OC(C)(C)C)[C@H]1c1ccccc1. The second-order valence-corrected chi connectivity index (χ2v) is 13.0. The van der Waals surface area contributed by atoms with E-state index in [9.17, 15) is 22.8 Å². The number of aromatic nitrogens is 4. The fourth-order valence-corrected chi connectivity index (χ4v) is 5.36. The van der Waals surface area contributed by atoms with E-state index in [4.69, 9.17) is 14.2 Å². The van der Waals surface area contributed by atoms with E-state index in [1.807, 2.05) is 30.3 Å². The summed E-state index contributed by atoms with van der Waals surface area (Å²) in [6.07, 6.45) is -4.92. The number of rotatable bonds is 7. The van der Waals surface area contributed by atoms with Crippen LogP contribution >= 0.6 is 0 Å². The van der Waals surface area contributed by atoms with Crippen LogP contribution in [0.15, 0.2) is 48.5 Å². The molecule has 2 amide bonds. The van der Waals surface area contributed by atoms with Crippen LogP contribution in [0.2, 0.25) is 0 Å². The summed E-state index contributed by atoms with van der Waals surface area (Å²) in [5.41, 5.74) is -0.410. The van der Waals surface area contributed by atoms with Crippen LogP contribution in [0.25, 0.3) is 5.69 Å². The average Bonchev–Trinajstić information content (AvgIpc) is 3.46. The fourth-order valence-electron chi connectivity index (χ4n) is 5.36. The van der Waals surface area contributed by atoms with Gasteiger partial charge in [0.1, 0.15) is 17.0 Å². The number of carbonyl (C=O) groups excluding carboxylic acids is 2. The van der Waals surface area contributed by atoms with Gasteiger partial charge in [-0.15, -0.1) is 5.10 Å². The van der Waals surface area contributed by atoms with Crippen LogP contribution in [0.3, 0.4) is 0 Å². The largest absolute Gasteiger partial charge is 0.494 e. The normalized spacial score (nSPS) is 17.4. The van der Waals surface area contributed by atoms with E-state index < -0.39 is 47.5 Å². The molecule has 0 bridgehead atoms. The van der Waals surface area contributed by atoms with Crippen LogP contribution in [-0.2, 0) is 22.2 Å². The Morgan fingerprint density at radius 3 is 2.26 bits per heavy atom. The van der Waals surface area contributed by atoms with Crippen molar-refractivity contribution in [2.75, 3.05) is 13.2 Å². The molecule has 1 saturated heterocycles. The highest BCUT2D eigenvalue weighted by Crippen LogP contribution is 2.38. The van der Waals surface area contributed by atoms with Crippen LogP contribution in [-0.4, -0.2) is 72.6 Å². The molecule has 0 radical (unpaired) electrons. The summed E-state index contributed by atoms with van der Waals surface area (Å²) in [5, 5.41) is 9.95.